The van der Waals surface area contributed by atoms with E-state index in [4.69, 9.17) is 0 Å². The van der Waals surface area contributed by atoms with Crippen LogP contribution in [-0.2, 0) is 0 Å². The van der Waals surface area contributed by atoms with Gasteiger partial charge in [0.05, 0.1) is 4.32 Å². The number of rotatable bonds is 2. The van der Waals surface area contributed by atoms with E-state index in [1.807, 2.05) is 18.2 Å². The number of alkyl halides is 1. The predicted molar refractivity (Wildman–Crippen MR) is 75.0 cm³/mol. The van der Waals surface area contributed by atoms with Crippen molar-refractivity contribution in [2.75, 3.05) is 0 Å². The van der Waals surface area contributed by atoms with Crippen molar-refractivity contribution in [3.05, 3.63) is 34.9 Å². The zero-order valence-electron chi connectivity index (χ0n) is 10.6. The molecule has 0 spiro atoms. The molecule has 1 aliphatic rings. The summed E-state index contributed by atoms with van der Waals surface area (Å²) in [5.74, 6) is 0.264. The molecule has 0 aliphatic heterocycles. The highest BCUT2D eigenvalue weighted by molar-refractivity contribution is 9.10. The molecule has 1 fully saturated rings. The molecule has 1 nitrogen and oxygen atoms in total. The second-order valence-corrected chi connectivity index (χ2v) is 6.67. The van der Waals surface area contributed by atoms with Crippen LogP contribution >= 0.6 is 15.9 Å². The van der Waals surface area contributed by atoms with E-state index in [9.17, 15) is 4.79 Å². The molecule has 0 unspecified atom stereocenters. The van der Waals surface area contributed by atoms with Crippen molar-refractivity contribution in [3.8, 4) is 0 Å². The lowest BCUT2D eigenvalue weighted by molar-refractivity contribution is 0.0923. The quantitative estimate of drug-likeness (QED) is 0.576. The zero-order chi connectivity index (χ0) is 12.5. The fourth-order valence-electron chi connectivity index (χ4n) is 2.48. The van der Waals surface area contributed by atoms with Crippen molar-refractivity contribution < 1.29 is 4.79 Å². The Bertz CT molecular complexity index is 431. The van der Waals surface area contributed by atoms with E-state index in [-0.39, 0.29) is 10.1 Å². The minimum absolute atomic E-state index is 0.264. The van der Waals surface area contributed by atoms with E-state index >= 15 is 0 Å². The molecule has 2 rings (SSSR count). The molecule has 1 saturated carbocycles. The van der Waals surface area contributed by atoms with Crippen LogP contribution in [0.2, 0.25) is 0 Å². The van der Waals surface area contributed by atoms with Gasteiger partial charge in [-0.15, -0.1) is 0 Å². The van der Waals surface area contributed by atoms with Gasteiger partial charge in [0.25, 0.3) is 0 Å². The first-order chi connectivity index (χ1) is 8.03. The van der Waals surface area contributed by atoms with Crippen molar-refractivity contribution in [1.29, 1.82) is 0 Å². The summed E-state index contributed by atoms with van der Waals surface area (Å²) in [4.78, 5) is 12.5. The lowest BCUT2D eigenvalue weighted by Crippen LogP contribution is -2.34. The van der Waals surface area contributed by atoms with Gasteiger partial charge in [-0.25, -0.2) is 0 Å². The number of benzene rings is 1. The average molecular weight is 295 g/mol. The van der Waals surface area contributed by atoms with Gasteiger partial charge in [-0.1, -0.05) is 47.3 Å². The van der Waals surface area contributed by atoms with Crippen LogP contribution < -0.4 is 0 Å². The Morgan fingerprint density at radius 2 is 1.76 bits per heavy atom. The molecule has 0 atom stereocenters. The number of hydrogen-bond donors (Lipinski definition) is 0. The van der Waals surface area contributed by atoms with Gasteiger partial charge >= 0.3 is 0 Å². The van der Waals surface area contributed by atoms with Crippen molar-refractivity contribution >= 4 is 21.7 Å². The first-order valence-electron chi connectivity index (χ1n) is 6.34. The fraction of sp³-hybridized carbons (Fsp3) is 0.533. The molecule has 1 aromatic rings. The molecule has 0 N–H and O–H groups in total. The number of hydrogen-bond acceptors (Lipinski definition) is 1. The molecular weight excluding hydrogens is 276 g/mol. The number of carbonyl (C=O) groups excluding carboxylic acids is 1. The number of ketones is 1. The fourth-order valence-corrected chi connectivity index (χ4v) is 3.27. The van der Waals surface area contributed by atoms with Crippen LogP contribution in [0.5, 0.6) is 0 Å². The molecule has 0 amide bonds. The number of Topliss-reactive ketones (excluding diaryl/α,β-unsaturated/α-hetero) is 1. The van der Waals surface area contributed by atoms with Crippen LogP contribution in [0, 0.1) is 13.8 Å². The minimum Gasteiger partial charge on any atom is -0.293 e. The molecule has 0 heterocycles. The summed E-state index contributed by atoms with van der Waals surface area (Å²) in [6.45, 7) is 4.14. The Hall–Kier alpha value is -0.630. The monoisotopic (exact) mass is 294 g/mol. The molecule has 0 aromatic heterocycles. The third-order valence-electron chi connectivity index (χ3n) is 3.82. The molecule has 0 radical (unpaired) electrons. The zero-order valence-corrected chi connectivity index (χ0v) is 12.1. The lowest BCUT2D eigenvalue weighted by Gasteiger charge is -2.30. The van der Waals surface area contributed by atoms with E-state index in [0.717, 1.165) is 31.2 Å². The summed E-state index contributed by atoms with van der Waals surface area (Å²) < 4.78 is -0.299. The third kappa shape index (κ3) is 2.62. The van der Waals surface area contributed by atoms with Gasteiger partial charge in [0.15, 0.2) is 5.78 Å². The lowest BCUT2D eigenvalue weighted by atomic mass is 9.83. The summed E-state index contributed by atoms with van der Waals surface area (Å²) >= 11 is 3.69. The molecule has 2 heteroatoms. The van der Waals surface area contributed by atoms with Crippen LogP contribution in [-0.4, -0.2) is 10.1 Å². The van der Waals surface area contributed by atoms with Crippen LogP contribution in [0.15, 0.2) is 18.2 Å². The molecule has 0 saturated heterocycles. The maximum absolute atomic E-state index is 12.5. The first kappa shape index (κ1) is 12.8. The van der Waals surface area contributed by atoms with E-state index in [2.05, 4.69) is 29.8 Å². The molecule has 0 bridgehead atoms. The summed E-state index contributed by atoms with van der Waals surface area (Å²) in [5, 5.41) is 0. The second-order valence-electron chi connectivity index (χ2n) is 5.15. The van der Waals surface area contributed by atoms with Crippen LogP contribution in [0.25, 0.3) is 0 Å². The summed E-state index contributed by atoms with van der Waals surface area (Å²) in [7, 11) is 0. The van der Waals surface area contributed by atoms with Crippen molar-refractivity contribution in [1.82, 2.24) is 0 Å². The van der Waals surface area contributed by atoms with Gasteiger partial charge < -0.3 is 0 Å². The van der Waals surface area contributed by atoms with Crippen molar-refractivity contribution in [2.45, 2.75) is 50.3 Å². The van der Waals surface area contributed by atoms with Crippen LogP contribution in [0.4, 0.5) is 0 Å². The van der Waals surface area contributed by atoms with E-state index in [1.54, 1.807) is 0 Å². The standard InChI is InChI=1S/C15H19BrO/c1-11-6-7-13(10-12(11)2)14(17)15(16)8-4-3-5-9-15/h6-7,10H,3-5,8-9H2,1-2H3. The topological polar surface area (TPSA) is 17.1 Å². The normalized spacial score (nSPS) is 19.0. The smallest absolute Gasteiger partial charge is 0.179 e. The van der Waals surface area contributed by atoms with Crippen molar-refractivity contribution in [3.63, 3.8) is 0 Å². The maximum Gasteiger partial charge on any atom is 0.179 e. The highest BCUT2D eigenvalue weighted by Gasteiger charge is 2.37. The Morgan fingerprint density at radius 3 is 2.35 bits per heavy atom. The predicted octanol–water partition coefficient (Wildman–Crippen LogP) is 4.58. The van der Waals surface area contributed by atoms with Gasteiger partial charge in [0, 0.05) is 5.56 Å². The Balaban J connectivity index is 2.26. The molecular formula is C15H19BrO. The molecule has 1 aromatic carbocycles. The van der Waals surface area contributed by atoms with Crippen molar-refractivity contribution in [2.24, 2.45) is 0 Å². The summed E-state index contributed by atoms with van der Waals surface area (Å²) in [6.07, 6.45) is 5.51. The minimum atomic E-state index is -0.299. The number of halogens is 1. The van der Waals surface area contributed by atoms with E-state index < -0.39 is 0 Å². The second kappa shape index (κ2) is 4.93. The number of carbonyl (C=O) groups is 1. The maximum atomic E-state index is 12.5. The van der Waals surface area contributed by atoms with Crippen LogP contribution in [0.3, 0.4) is 0 Å². The first-order valence-corrected chi connectivity index (χ1v) is 7.13. The highest BCUT2D eigenvalue weighted by Crippen LogP contribution is 2.38. The Morgan fingerprint density at radius 1 is 1.12 bits per heavy atom. The summed E-state index contributed by atoms with van der Waals surface area (Å²) in [5.41, 5.74) is 3.29. The van der Waals surface area contributed by atoms with Gasteiger partial charge in [-0.2, -0.15) is 0 Å². The third-order valence-corrected chi connectivity index (χ3v) is 4.98. The average Bonchev–Trinajstić information content (AvgIpc) is 2.33. The number of aryl methyl sites for hydroxylation is 2. The SMILES string of the molecule is Cc1ccc(C(=O)C2(Br)CCCCC2)cc1C. The molecule has 92 valence electrons. The van der Waals surface area contributed by atoms with Gasteiger partial charge in [0.1, 0.15) is 0 Å². The Kier molecular flexibility index (Phi) is 3.72. The Labute approximate surface area is 112 Å². The van der Waals surface area contributed by atoms with E-state index in [0.29, 0.717) is 0 Å². The highest BCUT2D eigenvalue weighted by atomic mass is 79.9. The van der Waals surface area contributed by atoms with Gasteiger partial charge in [-0.3, -0.25) is 4.79 Å². The summed E-state index contributed by atoms with van der Waals surface area (Å²) in [6, 6.07) is 6.03. The van der Waals surface area contributed by atoms with E-state index in [1.165, 1.54) is 17.5 Å². The largest absolute Gasteiger partial charge is 0.293 e. The van der Waals surface area contributed by atoms with Crippen LogP contribution in [0.1, 0.15) is 53.6 Å². The van der Waals surface area contributed by atoms with Gasteiger partial charge in [0.2, 0.25) is 0 Å². The molecule has 1 aliphatic carbocycles. The van der Waals surface area contributed by atoms with Gasteiger partial charge in [-0.05, 0) is 43.9 Å². The molecule has 17 heavy (non-hydrogen) atoms.